The van der Waals surface area contributed by atoms with E-state index in [0.717, 1.165) is 24.0 Å². The molecular weight excluding hydrogens is 961 g/mol. The SMILES string of the molecule is CCSc1nnc(N=Nc2cc(OCCCS(=O)(=O)O)c(N=Nc3ccc4c(S(=O)(=O)O)c(N=Nc5c(C)nn(-c6cc(S(=O)(=O)O)cc(C(=O)O)c6O)c5O)ccc4c3O)cc2C)s1. The Balaban J connectivity index is 1.36. The number of hydrogen-bond donors (Lipinski definition) is 7. The van der Waals surface area contributed by atoms with E-state index in [2.05, 4.69) is 46.0 Å². The zero-order chi connectivity index (χ0) is 47.6. The molecule has 4 aromatic carbocycles. The lowest BCUT2D eigenvalue weighted by molar-refractivity contribution is 0.0693. The molecule has 0 unspecified atom stereocenters. The fourth-order valence-corrected chi connectivity index (χ4v) is 9.15. The summed E-state index contributed by atoms with van der Waals surface area (Å²) in [7, 11) is -14.5. The van der Waals surface area contributed by atoms with E-state index in [-0.39, 0.29) is 51.7 Å². The summed E-state index contributed by atoms with van der Waals surface area (Å²) in [4.78, 5) is 9.88. The summed E-state index contributed by atoms with van der Waals surface area (Å²) < 4.78 is 108. The van der Waals surface area contributed by atoms with E-state index in [1.807, 2.05) is 6.92 Å². The molecule has 0 saturated heterocycles. The van der Waals surface area contributed by atoms with Crippen molar-refractivity contribution in [3.05, 3.63) is 65.4 Å². The number of ether oxygens (including phenoxy) is 1. The molecule has 65 heavy (non-hydrogen) atoms. The van der Waals surface area contributed by atoms with Crippen LogP contribution < -0.4 is 4.74 Å². The van der Waals surface area contributed by atoms with E-state index < -0.39 is 91.9 Å². The lowest BCUT2D eigenvalue weighted by Gasteiger charge is -2.11. The van der Waals surface area contributed by atoms with Crippen LogP contribution in [0.4, 0.5) is 33.6 Å². The van der Waals surface area contributed by atoms with Gasteiger partial charge in [-0.1, -0.05) is 36.1 Å². The average Bonchev–Trinajstić information content (AvgIpc) is 3.78. The number of carboxylic acid groups (broad SMARTS) is 1. The van der Waals surface area contributed by atoms with Gasteiger partial charge in [0.1, 0.15) is 39.0 Å². The molecule has 342 valence electrons. The molecule has 2 aromatic heterocycles. The number of fused-ring (bicyclic) bond motifs is 1. The van der Waals surface area contributed by atoms with E-state index in [4.69, 9.17) is 9.29 Å². The van der Waals surface area contributed by atoms with Gasteiger partial charge >= 0.3 is 5.97 Å². The number of aromatic nitrogens is 4. The average molecular weight is 993 g/mol. The highest BCUT2D eigenvalue weighted by molar-refractivity contribution is 8.01. The molecule has 0 aliphatic rings. The van der Waals surface area contributed by atoms with Gasteiger partial charge in [0.25, 0.3) is 35.5 Å². The second-order valence-electron chi connectivity index (χ2n) is 13.2. The normalized spacial score (nSPS) is 12.6. The van der Waals surface area contributed by atoms with Gasteiger partial charge in [0.05, 0.1) is 28.6 Å². The second kappa shape index (κ2) is 18.9. The lowest BCUT2D eigenvalue weighted by atomic mass is 10.1. The number of phenolic OH excluding ortho intramolecular Hbond substituents is 1. The third-order valence-corrected chi connectivity index (χ3v) is 13.1. The molecule has 30 heteroatoms. The molecule has 6 aromatic rings. The molecule has 0 radical (unpaired) electrons. The molecule has 0 amide bonds. The Morgan fingerprint density at radius 2 is 1.45 bits per heavy atom. The van der Waals surface area contributed by atoms with Crippen LogP contribution in [-0.4, -0.2) is 103 Å². The standard InChI is InChI=1S/C35H32N10O15S5/c1-4-61-35-43-42-34(62-35)41-38-24-15-27(60-10-5-11-63(51,52)53)25(12-16(24)2)39-36-22-8-7-20-19(29(22)46)6-9-23(31(20)65(57,58)59)37-40-28-17(3)44-45(32(28)48)26-14-18(64(54,55)56)13-21(30(26)47)33(49)50/h6-9,12-15,46-48H,4-5,10-11H2,1-3H3,(H,49,50)(H,51,52,53)(H,54,55,56)(H,57,58,59). The molecule has 0 spiro atoms. The molecule has 7 N–H and O–H groups in total. The number of aryl methyl sites for hydroxylation is 2. The zero-order valence-corrected chi connectivity index (χ0v) is 37.4. The number of phenols is 2. The maximum absolute atomic E-state index is 12.8. The van der Waals surface area contributed by atoms with Gasteiger partial charge < -0.3 is 25.2 Å². The van der Waals surface area contributed by atoms with Crippen molar-refractivity contribution in [2.24, 2.45) is 30.7 Å². The van der Waals surface area contributed by atoms with Crippen molar-refractivity contribution in [1.82, 2.24) is 20.0 Å². The molecular formula is C35H32N10O15S5. The Labute approximate surface area is 375 Å². The number of carbonyl (C=O) groups is 1. The Morgan fingerprint density at radius 1 is 0.785 bits per heavy atom. The monoisotopic (exact) mass is 992 g/mol. The third-order valence-electron chi connectivity index (χ3n) is 8.68. The Kier molecular flexibility index (Phi) is 13.9. The van der Waals surface area contributed by atoms with Crippen LogP contribution in [0.2, 0.25) is 0 Å². The predicted molar refractivity (Wildman–Crippen MR) is 230 cm³/mol. The van der Waals surface area contributed by atoms with Crippen molar-refractivity contribution in [1.29, 1.82) is 0 Å². The summed E-state index contributed by atoms with van der Waals surface area (Å²) in [6.45, 7) is 4.70. The molecule has 0 aliphatic carbocycles. The van der Waals surface area contributed by atoms with Gasteiger partial charge in [-0.2, -0.15) is 35.0 Å². The first-order chi connectivity index (χ1) is 30.5. The first-order valence-electron chi connectivity index (χ1n) is 18.0. The summed E-state index contributed by atoms with van der Waals surface area (Å²) in [5, 5.41) is 78.5. The van der Waals surface area contributed by atoms with Crippen molar-refractivity contribution in [2.45, 2.75) is 41.3 Å². The highest BCUT2D eigenvalue weighted by Gasteiger charge is 2.27. The van der Waals surface area contributed by atoms with Gasteiger partial charge in [0, 0.05) is 16.8 Å². The molecule has 0 atom stereocenters. The minimum atomic E-state index is -5.17. The van der Waals surface area contributed by atoms with Crippen LogP contribution in [0, 0.1) is 13.8 Å². The van der Waals surface area contributed by atoms with Crippen LogP contribution in [0.5, 0.6) is 23.1 Å². The van der Waals surface area contributed by atoms with Gasteiger partial charge in [-0.25, -0.2) is 4.79 Å². The van der Waals surface area contributed by atoms with Crippen LogP contribution in [0.25, 0.3) is 16.5 Å². The number of nitrogens with zero attached hydrogens (tertiary/aromatic N) is 10. The van der Waals surface area contributed by atoms with E-state index in [1.165, 1.54) is 48.2 Å². The molecule has 0 bridgehead atoms. The quantitative estimate of drug-likeness (QED) is 0.0198. The summed E-state index contributed by atoms with van der Waals surface area (Å²) in [5.41, 5.74) is -2.19. The molecule has 6 rings (SSSR count). The number of thioether (sulfide) groups is 1. The summed E-state index contributed by atoms with van der Waals surface area (Å²) >= 11 is 2.70. The fourth-order valence-electron chi connectivity index (χ4n) is 5.75. The van der Waals surface area contributed by atoms with Gasteiger partial charge in [0.15, 0.2) is 21.5 Å². The van der Waals surface area contributed by atoms with E-state index in [0.29, 0.717) is 32.4 Å². The van der Waals surface area contributed by atoms with Crippen LogP contribution in [0.3, 0.4) is 0 Å². The van der Waals surface area contributed by atoms with Gasteiger partial charge in [-0.05, 0) is 68.0 Å². The number of aromatic carboxylic acids is 1. The first kappa shape index (κ1) is 47.9. The summed E-state index contributed by atoms with van der Waals surface area (Å²) in [6, 6.07) is 8.60. The van der Waals surface area contributed by atoms with Crippen molar-refractivity contribution in [3.8, 4) is 28.8 Å². The van der Waals surface area contributed by atoms with E-state index >= 15 is 0 Å². The minimum absolute atomic E-state index is 0.0484. The minimum Gasteiger partial charge on any atom is -0.505 e. The van der Waals surface area contributed by atoms with Crippen LogP contribution >= 0.6 is 23.1 Å². The fraction of sp³-hybridized carbons (Fsp3) is 0.200. The molecule has 0 fully saturated rings. The van der Waals surface area contributed by atoms with Gasteiger partial charge in [-0.3, -0.25) is 13.7 Å². The van der Waals surface area contributed by atoms with Crippen molar-refractivity contribution < 1.29 is 68.9 Å². The number of azo groups is 3. The number of carboxylic acids is 1. The van der Waals surface area contributed by atoms with Crippen LogP contribution in [0.15, 0.2) is 93.3 Å². The predicted octanol–water partition coefficient (Wildman–Crippen LogP) is 7.82. The maximum atomic E-state index is 12.8. The van der Waals surface area contributed by atoms with Crippen molar-refractivity contribution in [3.63, 3.8) is 0 Å². The summed E-state index contributed by atoms with van der Waals surface area (Å²) in [5.74, 6) is -4.20. The van der Waals surface area contributed by atoms with Crippen LogP contribution in [0.1, 0.15) is 35.0 Å². The first-order valence-corrected chi connectivity index (χ1v) is 24.3. The van der Waals surface area contributed by atoms with Gasteiger partial charge in [-0.15, -0.1) is 40.9 Å². The molecule has 0 saturated carbocycles. The lowest BCUT2D eigenvalue weighted by Crippen LogP contribution is -2.08. The molecule has 0 aliphatic heterocycles. The Bertz CT molecular complexity index is 3320. The Hall–Kier alpha value is -6.54. The zero-order valence-electron chi connectivity index (χ0n) is 33.4. The van der Waals surface area contributed by atoms with Crippen molar-refractivity contribution >= 4 is 104 Å². The number of benzene rings is 4. The molecule has 2 heterocycles. The molecule has 25 nitrogen and oxygen atoms in total. The maximum Gasteiger partial charge on any atom is 0.339 e. The highest BCUT2D eigenvalue weighted by Crippen LogP contribution is 2.44. The van der Waals surface area contributed by atoms with E-state index in [9.17, 15) is 59.6 Å². The number of hydrogen-bond acceptors (Lipinski definition) is 22. The third kappa shape index (κ3) is 11.1. The smallest absolute Gasteiger partial charge is 0.339 e. The number of aromatic hydroxyl groups is 3. The number of rotatable bonds is 17. The van der Waals surface area contributed by atoms with Crippen molar-refractivity contribution in [2.75, 3.05) is 18.1 Å². The largest absolute Gasteiger partial charge is 0.505 e. The van der Waals surface area contributed by atoms with Gasteiger partial charge in [0.2, 0.25) is 5.88 Å². The highest BCUT2D eigenvalue weighted by atomic mass is 32.2. The van der Waals surface area contributed by atoms with E-state index in [1.54, 1.807) is 6.92 Å². The second-order valence-corrected chi connectivity index (χ2v) is 20.0. The Morgan fingerprint density at radius 3 is 2.11 bits per heavy atom. The topological polar surface area (TPSA) is 388 Å². The van der Waals surface area contributed by atoms with Crippen LogP contribution in [-0.2, 0) is 30.4 Å². The summed E-state index contributed by atoms with van der Waals surface area (Å²) in [6.07, 6.45) is -0.107.